The summed E-state index contributed by atoms with van der Waals surface area (Å²) >= 11 is 0. The molecule has 1 amide bonds. The Labute approximate surface area is 107 Å². The highest BCUT2D eigenvalue weighted by Crippen LogP contribution is 2.22. The van der Waals surface area contributed by atoms with E-state index in [0.717, 1.165) is 12.8 Å². The zero-order valence-corrected chi connectivity index (χ0v) is 10.5. The number of amides is 1. The molecule has 96 valence electrons. The maximum Gasteiger partial charge on any atom is 0.251 e. The lowest BCUT2D eigenvalue weighted by atomic mass is 10.1. The van der Waals surface area contributed by atoms with Crippen molar-refractivity contribution in [1.82, 2.24) is 5.32 Å². The molecule has 3 N–H and O–H groups in total. The fourth-order valence-electron chi connectivity index (χ4n) is 1.98. The number of hydrogen-bond acceptors (Lipinski definition) is 3. The van der Waals surface area contributed by atoms with Crippen LogP contribution in [0.5, 0.6) is 5.75 Å². The molecule has 1 aliphatic carbocycles. The van der Waals surface area contributed by atoms with Crippen molar-refractivity contribution >= 4 is 11.6 Å². The molecule has 0 aromatic heterocycles. The molecule has 0 aliphatic heterocycles. The summed E-state index contributed by atoms with van der Waals surface area (Å²) in [6, 6.07) is 5.34. The van der Waals surface area contributed by atoms with Crippen LogP contribution >= 0.6 is 0 Å². The lowest BCUT2D eigenvalue weighted by Gasteiger charge is -2.13. The Morgan fingerprint density at radius 3 is 2.78 bits per heavy atom. The van der Waals surface area contributed by atoms with Gasteiger partial charge in [0.2, 0.25) is 0 Å². The number of carbonyl (C=O) groups excluding carboxylic acids is 1. The number of nitrogens with two attached hydrogens (primary N) is 1. The predicted octanol–water partition coefficient (Wildman–Crippen LogP) is 2.12. The number of ether oxygens (including phenoxy) is 1. The minimum atomic E-state index is -0.0848. The van der Waals surface area contributed by atoms with Crippen LogP contribution in [0, 0.1) is 0 Å². The second-order valence-corrected chi connectivity index (χ2v) is 4.30. The Bertz CT molecular complexity index is 461. The van der Waals surface area contributed by atoms with E-state index < -0.39 is 0 Å². The molecular formula is C14H18N2O2. The van der Waals surface area contributed by atoms with Crippen LogP contribution in [0.3, 0.4) is 0 Å². The van der Waals surface area contributed by atoms with Gasteiger partial charge in [-0.05, 0) is 38.0 Å². The monoisotopic (exact) mass is 246 g/mol. The number of nitrogen functional groups attached to an aromatic ring is 1. The zero-order valence-electron chi connectivity index (χ0n) is 10.5. The molecule has 0 saturated heterocycles. The highest BCUT2D eigenvalue weighted by Gasteiger charge is 2.15. The lowest BCUT2D eigenvalue weighted by molar-refractivity contribution is 0.0939. The molecule has 4 heteroatoms. The van der Waals surface area contributed by atoms with E-state index in [-0.39, 0.29) is 11.9 Å². The fraction of sp³-hybridized carbons (Fsp3) is 0.357. The number of benzene rings is 1. The molecule has 0 bridgehead atoms. The minimum Gasteiger partial charge on any atom is -0.492 e. The molecule has 0 saturated carbocycles. The topological polar surface area (TPSA) is 64.3 Å². The van der Waals surface area contributed by atoms with Crippen LogP contribution in [0.4, 0.5) is 5.69 Å². The van der Waals surface area contributed by atoms with Crippen LogP contribution in [0.25, 0.3) is 0 Å². The summed E-state index contributed by atoms with van der Waals surface area (Å²) in [6.07, 6.45) is 5.96. The lowest BCUT2D eigenvalue weighted by Crippen LogP contribution is -2.32. The second kappa shape index (κ2) is 5.58. The first-order chi connectivity index (χ1) is 8.70. The van der Waals surface area contributed by atoms with Gasteiger partial charge in [-0.25, -0.2) is 0 Å². The molecule has 0 radical (unpaired) electrons. The van der Waals surface area contributed by atoms with Gasteiger partial charge in [-0.3, -0.25) is 4.79 Å². The molecular weight excluding hydrogens is 228 g/mol. The summed E-state index contributed by atoms with van der Waals surface area (Å²) < 4.78 is 5.34. The molecule has 1 aromatic rings. The van der Waals surface area contributed by atoms with Gasteiger partial charge in [0.15, 0.2) is 0 Å². The third-order valence-electron chi connectivity index (χ3n) is 2.91. The Balaban J connectivity index is 2.03. The standard InChI is InChI=1S/C14H18N2O2/c1-2-18-13-8-7-10(9-12(13)15)14(17)16-11-5-3-4-6-11/h3-4,7-9,11H,2,5-6,15H2,1H3,(H,16,17). The van der Waals surface area contributed by atoms with Crippen molar-refractivity contribution in [3.8, 4) is 5.75 Å². The first kappa shape index (κ1) is 12.5. The molecule has 1 aliphatic rings. The maximum atomic E-state index is 12.0. The summed E-state index contributed by atoms with van der Waals surface area (Å²) in [5.41, 5.74) is 6.90. The molecule has 0 spiro atoms. The van der Waals surface area contributed by atoms with E-state index >= 15 is 0 Å². The summed E-state index contributed by atoms with van der Waals surface area (Å²) in [7, 11) is 0. The summed E-state index contributed by atoms with van der Waals surface area (Å²) in [6.45, 7) is 2.45. The van der Waals surface area contributed by atoms with E-state index in [4.69, 9.17) is 10.5 Å². The van der Waals surface area contributed by atoms with Crippen LogP contribution in [-0.2, 0) is 0 Å². The number of nitrogens with one attached hydrogen (secondary N) is 1. The second-order valence-electron chi connectivity index (χ2n) is 4.30. The maximum absolute atomic E-state index is 12.0. The number of rotatable bonds is 4. The van der Waals surface area contributed by atoms with E-state index in [1.807, 2.05) is 6.92 Å². The molecule has 18 heavy (non-hydrogen) atoms. The summed E-state index contributed by atoms with van der Waals surface area (Å²) in [5, 5.41) is 2.98. The van der Waals surface area contributed by atoms with E-state index in [1.54, 1.807) is 18.2 Å². The van der Waals surface area contributed by atoms with E-state index in [1.165, 1.54) is 0 Å². The van der Waals surface area contributed by atoms with Crippen molar-refractivity contribution in [1.29, 1.82) is 0 Å². The number of carbonyl (C=O) groups is 1. The molecule has 1 aromatic carbocycles. The van der Waals surface area contributed by atoms with E-state index in [2.05, 4.69) is 17.5 Å². The predicted molar refractivity (Wildman–Crippen MR) is 71.7 cm³/mol. The number of hydrogen-bond donors (Lipinski definition) is 2. The van der Waals surface area contributed by atoms with Crippen molar-refractivity contribution in [3.63, 3.8) is 0 Å². The number of anilines is 1. The Hall–Kier alpha value is -1.97. The van der Waals surface area contributed by atoms with Gasteiger partial charge in [0.25, 0.3) is 5.91 Å². The Morgan fingerprint density at radius 2 is 2.17 bits per heavy atom. The largest absolute Gasteiger partial charge is 0.492 e. The Kier molecular flexibility index (Phi) is 3.87. The smallest absolute Gasteiger partial charge is 0.251 e. The first-order valence-electron chi connectivity index (χ1n) is 6.19. The van der Waals surface area contributed by atoms with Gasteiger partial charge >= 0.3 is 0 Å². The SMILES string of the molecule is CCOc1ccc(C(=O)NC2CC=CC2)cc1N. The van der Waals surface area contributed by atoms with Crippen molar-refractivity contribution < 1.29 is 9.53 Å². The van der Waals surface area contributed by atoms with Crippen LogP contribution in [0.1, 0.15) is 30.1 Å². The third kappa shape index (κ3) is 2.83. The van der Waals surface area contributed by atoms with Crippen molar-refractivity contribution in [2.45, 2.75) is 25.8 Å². The molecule has 0 fully saturated rings. The highest BCUT2D eigenvalue weighted by molar-refractivity contribution is 5.95. The summed E-state index contributed by atoms with van der Waals surface area (Å²) in [4.78, 5) is 12.0. The Morgan fingerprint density at radius 1 is 1.44 bits per heavy atom. The van der Waals surface area contributed by atoms with Gasteiger partial charge in [-0.2, -0.15) is 0 Å². The molecule has 0 atom stereocenters. The van der Waals surface area contributed by atoms with Gasteiger partial charge in [0.1, 0.15) is 5.75 Å². The third-order valence-corrected chi connectivity index (χ3v) is 2.91. The van der Waals surface area contributed by atoms with E-state index in [9.17, 15) is 4.79 Å². The minimum absolute atomic E-state index is 0.0848. The molecule has 2 rings (SSSR count). The van der Waals surface area contributed by atoms with Crippen molar-refractivity contribution in [3.05, 3.63) is 35.9 Å². The fourth-order valence-corrected chi connectivity index (χ4v) is 1.98. The molecule has 0 unspecified atom stereocenters. The van der Waals surface area contributed by atoms with Crippen molar-refractivity contribution in [2.75, 3.05) is 12.3 Å². The van der Waals surface area contributed by atoms with Gasteiger partial charge in [0.05, 0.1) is 12.3 Å². The van der Waals surface area contributed by atoms with Gasteiger partial charge in [0, 0.05) is 11.6 Å². The highest BCUT2D eigenvalue weighted by atomic mass is 16.5. The average molecular weight is 246 g/mol. The molecule has 0 heterocycles. The summed E-state index contributed by atoms with van der Waals surface area (Å²) in [5.74, 6) is 0.537. The van der Waals surface area contributed by atoms with Gasteiger partial charge in [-0.1, -0.05) is 12.2 Å². The zero-order chi connectivity index (χ0) is 13.0. The van der Waals surface area contributed by atoms with E-state index in [0.29, 0.717) is 23.6 Å². The van der Waals surface area contributed by atoms with Gasteiger partial charge in [-0.15, -0.1) is 0 Å². The normalized spacial score (nSPS) is 14.7. The average Bonchev–Trinajstić information content (AvgIpc) is 2.84. The van der Waals surface area contributed by atoms with Crippen LogP contribution in [0.2, 0.25) is 0 Å². The van der Waals surface area contributed by atoms with Crippen LogP contribution in [-0.4, -0.2) is 18.6 Å². The quantitative estimate of drug-likeness (QED) is 0.631. The van der Waals surface area contributed by atoms with Crippen LogP contribution in [0.15, 0.2) is 30.4 Å². The first-order valence-corrected chi connectivity index (χ1v) is 6.19. The van der Waals surface area contributed by atoms with Gasteiger partial charge < -0.3 is 15.8 Å². The van der Waals surface area contributed by atoms with Crippen LogP contribution < -0.4 is 15.8 Å². The van der Waals surface area contributed by atoms with Crippen molar-refractivity contribution in [2.24, 2.45) is 0 Å². The molecule has 4 nitrogen and oxygen atoms in total.